The van der Waals surface area contributed by atoms with Crippen molar-refractivity contribution in [2.24, 2.45) is 10.8 Å². The topological polar surface area (TPSA) is 114 Å². The molecular weight excluding hydrogens is 418 g/mol. The number of nitrogens with one attached hydrogen (secondary N) is 1. The highest BCUT2D eigenvalue weighted by Gasteiger charge is 2.39. The van der Waals surface area contributed by atoms with Gasteiger partial charge in [0.15, 0.2) is 12.2 Å². The number of carbonyl (C=O) groups excluding carboxylic acids is 2. The summed E-state index contributed by atoms with van der Waals surface area (Å²) in [7, 11) is 0. The zero-order valence-corrected chi connectivity index (χ0v) is 17.1. The molecule has 3 rings (SSSR count). The van der Waals surface area contributed by atoms with Crippen LogP contribution in [-0.4, -0.2) is 29.7 Å². The van der Waals surface area contributed by atoms with Crippen LogP contribution in [0.15, 0.2) is 84.0 Å². The fraction of sp³-hybridized carbons (Fsp3) is 0.0870. The Balaban J connectivity index is 1.78. The summed E-state index contributed by atoms with van der Waals surface area (Å²) in [5.74, 6) is -1.04. The van der Waals surface area contributed by atoms with Crippen LogP contribution in [0.2, 0.25) is 5.02 Å². The van der Waals surface area contributed by atoms with Gasteiger partial charge in [-0.3, -0.25) is 9.59 Å². The first-order valence-electron chi connectivity index (χ1n) is 9.29. The Bertz CT molecular complexity index is 1050. The van der Waals surface area contributed by atoms with Crippen molar-refractivity contribution in [3.05, 3.63) is 101 Å². The van der Waals surface area contributed by atoms with Crippen LogP contribution in [0, 0.1) is 0 Å². The number of hydrogen-bond acceptors (Lipinski definition) is 5. The van der Waals surface area contributed by atoms with Crippen molar-refractivity contribution in [2.75, 3.05) is 6.61 Å². The maximum atomic E-state index is 13.0. The van der Waals surface area contributed by atoms with Gasteiger partial charge >= 0.3 is 0 Å². The SMILES string of the molecule is NC(=O)COc1ccc(C=NNC(=O)C(O)(c2ccccc2)c2ccccc2)cc1Cl. The molecule has 0 aliphatic rings. The van der Waals surface area contributed by atoms with Crippen LogP contribution in [-0.2, 0) is 15.2 Å². The van der Waals surface area contributed by atoms with Gasteiger partial charge in [0, 0.05) is 0 Å². The number of carbonyl (C=O) groups is 2. The van der Waals surface area contributed by atoms with Crippen LogP contribution in [0.4, 0.5) is 0 Å². The first-order valence-corrected chi connectivity index (χ1v) is 9.66. The highest BCUT2D eigenvalue weighted by Crippen LogP contribution is 2.30. The summed E-state index contributed by atoms with van der Waals surface area (Å²) in [6, 6.07) is 22.0. The quantitative estimate of drug-likeness (QED) is 0.371. The predicted octanol–water partition coefficient (Wildman–Crippen LogP) is 2.59. The first kappa shape index (κ1) is 22.0. The van der Waals surface area contributed by atoms with E-state index in [1.165, 1.54) is 6.21 Å². The summed E-state index contributed by atoms with van der Waals surface area (Å²) in [5, 5.41) is 15.5. The Hall–Kier alpha value is -3.68. The number of halogens is 1. The number of hydrazone groups is 1. The van der Waals surface area contributed by atoms with Gasteiger partial charge in [0.05, 0.1) is 11.2 Å². The van der Waals surface area contributed by atoms with Gasteiger partial charge in [-0.2, -0.15) is 5.10 Å². The van der Waals surface area contributed by atoms with E-state index in [1.54, 1.807) is 78.9 Å². The fourth-order valence-corrected chi connectivity index (χ4v) is 3.14. The molecule has 0 heterocycles. The van der Waals surface area contributed by atoms with Crippen molar-refractivity contribution in [1.29, 1.82) is 0 Å². The molecule has 3 aromatic carbocycles. The van der Waals surface area contributed by atoms with Crippen molar-refractivity contribution in [3.63, 3.8) is 0 Å². The largest absolute Gasteiger partial charge is 0.482 e. The number of aliphatic hydroxyl groups is 1. The molecule has 0 aromatic heterocycles. The molecule has 158 valence electrons. The lowest BCUT2D eigenvalue weighted by atomic mass is 9.85. The molecule has 0 bridgehead atoms. The molecule has 0 atom stereocenters. The van der Waals surface area contributed by atoms with Crippen molar-refractivity contribution in [3.8, 4) is 5.75 Å². The van der Waals surface area contributed by atoms with E-state index < -0.39 is 17.4 Å². The van der Waals surface area contributed by atoms with E-state index in [9.17, 15) is 14.7 Å². The Labute approximate surface area is 184 Å². The first-order chi connectivity index (χ1) is 14.9. The molecule has 0 aliphatic heterocycles. The van der Waals surface area contributed by atoms with Crippen LogP contribution >= 0.6 is 11.6 Å². The van der Waals surface area contributed by atoms with E-state index >= 15 is 0 Å². The lowest BCUT2D eigenvalue weighted by Gasteiger charge is -2.27. The van der Waals surface area contributed by atoms with Gasteiger partial charge in [-0.15, -0.1) is 0 Å². The van der Waals surface area contributed by atoms with Crippen LogP contribution in [0.1, 0.15) is 16.7 Å². The fourth-order valence-electron chi connectivity index (χ4n) is 2.90. The number of rotatable bonds is 8. The summed E-state index contributed by atoms with van der Waals surface area (Å²) in [6.45, 7) is -0.291. The number of ether oxygens (including phenoxy) is 1. The minimum Gasteiger partial charge on any atom is -0.482 e. The zero-order valence-electron chi connectivity index (χ0n) is 16.4. The maximum absolute atomic E-state index is 13.0. The third-order valence-electron chi connectivity index (χ3n) is 4.42. The van der Waals surface area contributed by atoms with E-state index in [0.29, 0.717) is 22.4 Å². The molecule has 0 spiro atoms. The summed E-state index contributed by atoms with van der Waals surface area (Å²) >= 11 is 6.12. The van der Waals surface area contributed by atoms with E-state index in [1.807, 2.05) is 0 Å². The molecule has 0 fully saturated rings. The highest BCUT2D eigenvalue weighted by atomic mass is 35.5. The Morgan fingerprint density at radius 2 is 1.61 bits per heavy atom. The van der Waals surface area contributed by atoms with E-state index in [4.69, 9.17) is 22.1 Å². The normalized spacial score (nSPS) is 11.3. The average Bonchev–Trinajstić information content (AvgIpc) is 2.79. The number of amides is 2. The number of primary amides is 1. The molecule has 7 nitrogen and oxygen atoms in total. The molecule has 3 aromatic rings. The molecule has 0 saturated heterocycles. The highest BCUT2D eigenvalue weighted by molar-refractivity contribution is 6.32. The van der Waals surface area contributed by atoms with Crippen LogP contribution < -0.4 is 15.9 Å². The van der Waals surface area contributed by atoms with Crippen LogP contribution in [0.5, 0.6) is 5.75 Å². The summed E-state index contributed by atoms with van der Waals surface area (Å²) in [5.41, 5.74) is 6.90. The third-order valence-corrected chi connectivity index (χ3v) is 4.71. The average molecular weight is 438 g/mol. The van der Waals surface area contributed by atoms with Crippen molar-refractivity contribution < 1.29 is 19.4 Å². The minimum atomic E-state index is -1.93. The predicted molar refractivity (Wildman–Crippen MR) is 118 cm³/mol. The Morgan fingerprint density at radius 3 is 2.13 bits per heavy atom. The molecule has 2 amide bonds. The maximum Gasteiger partial charge on any atom is 0.281 e. The Kier molecular flexibility index (Phi) is 7.02. The van der Waals surface area contributed by atoms with Crippen molar-refractivity contribution in [1.82, 2.24) is 5.43 Å². The van der Waals surface area contributed by atoms with Gasteiger partial charge in [-0.25, -0.2) is 5.43 Å². The monoisotopic (exact) mass is 437 g/mol. The van der Waals surface area contributed by atoms with E-state index in [2.05, 4.69) is 10.5 Å². The van der Waals surface area contributed by atoms with Gasteiger partial charge in [0.25, 0.3) is 11.8 Å². The summed E-state index contributed by atoms with van der Waals surface area (Å²) in [4.78, 5) is 23.8. The van der Waals surface area contributed by atoms with Gasteiger partial charge in [0.1, 0.15) is 5.75 Å². The van der Waals surface area contributed by atoms with E-state index in [-0.39, 0.29) is 11.6 Å². The number of nitrogens with zero attached hydrogens (tertiary/aromatic N) is 1. The smallest absolute Gasteiger partial charge is 0.281 e. The number of hydrogen-bond donors (Lipinski definition) is 3. The second kappa shape index (κ2) is 9.88. The van der Waals surface area contributed by atoms with Gasteiger partial charge in [0.2, 0.25) is 0 Å². The van der Waals surface area contributed by atoms with Crippen molar-refractivity contribution >= 4 is 29.6 Å². The second-order valence-corrected chi connectivity index (χ2v) is 6.99. The van der Waals surface area contributed by atoms with Crippen LogP contribution in [0.3, 0.4) is 0 Å². The van der Waals surface area contributed by atoms with Crippen molar-refractivity contribution in [2.45, 2.75) is 5.60 Å². The Morgan fingerprint density at radius 1 is 1.03 bits per heavy atom. The van der Waals surface area contributed by atoms with Gasteiger partial charge in [-0.05, 0) is 34.9 Å². The summed E-state index contributed by atoms with van der Waals surface area (Å²) < 4.78 is 5.18. The molecule has 0 unspecified atom stereocenters. The zero-order chi connectivity index (χ0) is 22.3. The molecule has 4 N–H and O–H groups in total. The van der Waals surface area contributed by atoms with Gasteiger partial charge < -0.3 is 15.6 Å². The molecular formula is C23H20ClN3O4. The number of benzene rings is 3. The molecule has 8 heteroatoms. The lowest BCUT2D eigenvalue weighted by molar-refractivity contribution is -0.136. The molecule has 0 radical (unpaired) electrons. The number of nitrogens with two attached hydrogens (primary N) is 1. The molecule has 0 saturated carbocycles. The second-order valence-electron chi connectivity index (χ2n) is 6.59. The minimum absolute atomic E-state index is 0.251. The molecule has 0 aliphatic carbocycles. The van der Waals surface area contributed by atoms with Crippen LogP contribution in [0.25, 0.3) is 0 Å². The van der Waals surface area contributed by atoms with E-state index in [0.717, 1.165) is 0 Å². The van der Waals surface area contributed by atoms with Gasteiger partial charge in [-0.1, -0.05) is 72.3 Å². The standard InChI is InChI=1S/C23H20ClN3O4/c24-19-13-16(11-12-20(19)31-15-21(25)28)14-26-27-22(29)23(30,17-7-3-1-4-8-17)18-9-5-2-6-10-18/h1-14,30H,15H2,(H2,25,28)(H,27,29). The third kappa shape index (κ3) is 5.28. The molecule has 31 heavy (non-hydrogen) atoms. The summed E-state index contributed by atoms with van der Waals surface area (Å²) in [6.07, 6.45) is 1.37. The lowest BCUT2D eigenvalue weighted by Crippen LogP contribution is -2.43.